The number of aromatic amines is 1. The summed E-state index contributed by atoms with van der Waals surface area (Å²) in [4.78, 5) is 29.1. The lowest BCUT2D eigenvalue weighted by Gasteiger charge is -2.49. The lowest BCUT2D eigenvalue weighted by Crippen LogP contribution is -2.53. The molecule has 0 amide bonds. The Labute approximate surface area is 194 Å². The van der Waals surface area contributed by atoms with Crippen LogP contribution in [0.4, 0.5) is 5.13 Å². The summed E-state index contributed by atoms with van der Waals surface area (Å²) in [5.41, 5.74) is 4.37. The Hall–Kier alpha value is -3.09. The molecule has 2 aliphatic rings. The summed E-state index contributed by atoms with van der Waals surface area (Å²) < 4.78 is 0. The normalized spacial score (nSPS) is 19.8. The van der Waals surface area contributed by atoms with Gasteiger partial charge in [0.1, 0.15) is 5.51 Å². The number of pyridine rings is 1. The first kappa shape index (κ1) is 24.6. The number of nitrogens with zero attached hydrogens (tertiary/aromatic N) is 5. The summed E-state index contributed by atoms with van der Waals surface area (Å²) >= 11 is 1.60. The van der Waals surface area contributed by atoms with E-state index in [4.69, 9.17) is 19.8 Å². The van der Waals surface area contributed by atoms with Gasteiger partial charge in [0.05, 0.1) is 6.10 Å². The van der Waals surface area contributed by atoms with Crippen molar-refractivity contribution in [2.75, 3.05) is 31.1 Å². The molecule has 0 aliphatic carbocycles. The number of H-pyrrole nitrogens is 1. The molecule has 12 heteroatoms. The van der Waals surface area contributed by atoms with Gasteiger partial charge in [-0.3, -0.25) is 19.5 Å². The fraction of sp³-hybridized carbons (Fsp3) is 0.476. The fourth-order valence-corrected chi connectivity index (χ4v) is 5.43. The number of piperidine rings is 2. The molecular weight excluding hydrogens is 448 g/mol. The van der Waals surface area contributed by atoms with Gasteiger partial charge in [-0.15, -0.1) is 10.2 Å². The highest BCUT2D eigenvalue weighted by molar-refractivity contribution is 7.13. The minimum atomic E-state index is -0.254. The van der Waals surface area contributed by atoms with Crippen LogP contribution < -0.4 is 4.90 Å². The maximum Gasteiger partial charge on any atom is 0.290 e. The Bertz CT molecular complexity index is 1000. The predicted molar refractivity (Wildman–Crippen MR) is 123 cm³/mol. The highest BCUT2D eigenvalue weighted by Crippen LogP contribution is 2.41. The number of hydrogen-bond donors (Lipinski definition) is 4. The van der Waals surface area contributed by atoms with E-state index in [9.17, 15) is 5.11 Å². The van der Waals surface area contributed by atoms with Crippen LogP contribution in [0.25, 0.3) is 10.9 Å². The van der Waals surface area contributed by atoms with Crippen molar-refractivity contribution in [3.05, 3.63) is 35.7 Å². The molecule has 11 nitrogen and oxygen atoms in total. The highest BCUT2D eigenvalue weighted by Gasteiger charge is 2.41. The molecule has 0 aromatic carbocycles. The smallest absolute Gasteiger partial charge is 0.290 e. The second-order valence-corrected chi connectivity index (χ2v) is 8.99. The number of hydrogen-bond acceptors (Lipinski definition) is 9. The van der Waals surface area contributed by atoms with Crippen LogP contribution in [0.2, 0.25) is 0 Å². The third kappa shape index (κ3) is 6.24. The predicted octanol–water partition coefficient (Wildman–Crippen LogP) is 1.67. The van der Waals surface area contributed by atoms with Gasteiger partial charge in [0.15, 0.2) is 0 Å². The molecular formula is C21H28N6O5S. The quantitative estimate of drug-likeness (QED) is 0.410. The Morgan fingerprint density at radius 2 is 1.97 bits per heavy atom. The number of β-amino-alcohol motifs (C(OH)–C–C–N with tert-alkyl or cyclic N) is 1. The van der Waals surface area contributed by atoms with Gasteiger partial charge >= 0.3 is 0 Å². The lowest BCUT2D eigenvalue weighted by molar-refractivity contribution is -0.123. The summed E-state index contributed by atoms with van der Waals surface area (Å²) in [5, 5.41) is 34.7. The van der Waals surface area contributed by atoms with Gasteiger partial charge in [0.2, 0.25) is 5.13 Å². The number of aromatic nitrogens is 4. The Kier molecular flexibility index (Phi) is 8.69. The maximum absolute atomic E-state index is 10.6. The molecule has 1 spiro atoms. The first-order valence-corrected chi connectivity index (χ1v) is 11.4. The molecule has 1 atom stereocenters. The van der Waals surface area contributed by atoms with Gasteiger partial charge < -0.3 is 25.2 Å². The van der Waals surface area contributed by atoms with Crippen LogP contribution in [0.5, 0.6) is 0 Å². The second-order valence-electron chi connectivity index (χ2n) is 8.18. The molecule has 0 radical (unpaired) electrons. The van der Waals surface area contributed by atoms with E-state index in [1.54, 1.807) is 16.8 Å². The molecule has 4 N–H and O–H groups in total. The van der Waals surface area contributed by atoms with Crippen molar-refractivity contribution >= 4 is 40.3 Å². The van der Waals surface area contributed by atoms with E-state index in [1.165, 1.54) is 10.9 Å². The SMILES string of the molecule is O=CO.O=CO.OC1CN(Cc2c[nH]c3ccncc23)CC2(CCN(c3nncs3)CC2)C1. The maximum atomic E-state index is 10.6. The first-order chi connectivity index (χ1) is 16.0. The zero-order valence-electron chi connectivity index (χ0n) is 18.1. The van der Waals surface area contributed by atoms with Gasteiger partial charge in [0.25, 0.3) is 12.9 Å². The number of aliphatic hydroxyl groups excluding tert-OH is 1. The van der Waals surface area contributed by atoms with E-state index in [1.807, 2.05) is 18.5 Å². The molecule has 178 valence electrons. The van der Waals surface area contributed by atoms with Gasteiger partial charge in [0, 0.05) is 62.2 Å². The fourth-order valence-electron chi connectivity index (χ4n) is 4.82. The molecule has 5 heterocycles. The number of carbonyl (C=O) groups is 2. The van der Waals surface area contributed by atoms with Crippen molar-refractivity contribution in [2.45, 2.75) is 31.9 Å². The first-order valence-electron chi connectivity index (χ1n) is 10.5. The third-order valence-corrected chi connectivity index (χ3v) is 6.85. The van der Waals surface area contributed by atoms with Crippen LogP contribution in [0.3, 0.4) is 0 Å². The zero-order valence-corrected chi connectivity index (χ0v) is 18.9. The summed E-state index contributed by atoms with van der Waals surface area (Å²) in [5.74, 6) is 0. The molecule has 3 aromatic rings. The highest BCUT2D eigenvalue weighted by atomic mass is 32.1. The molecule has 5 rings (SSSR count). The van der Waals surface area contributed by atoms with E-state index in [2.05, 4.69) is 36.2 Å². The van der Waals surface area contributed by atoms with Crippen molar-refractivity contribution < 1.29 is 24.9 Å². The summed E-state index contributed by atoms with van der Waals surface area (Å²) in [6.45, 7) is 4.12. The number of anilines is 1. The van der Waals surface area contributed by atoms with Crippen molar-refractivity contribution in [2.24, 2.45) is 5.41 Å². The molecule has 0 bridgehead atoms. The van der Waals surface area contributed by atoms with Gasteiger partial charge in [-0.05, 0) is 36.3 Å². The van der Waals surface area contributed by atoms with Crippen LogP contribution in [-0.4, -0.2) is 85.6 Å². The van der Waals surface area contributed by atoms with Crippen molar-refractivity contribution in [3.8, 4) is 0 Å². The van der Waals surface area contributed by atoms with Gasteiger partial charge in [-0.2, -0.15) is 0 Å². The average Bonchev–Trinajstić information content (AvgIpc) is 3.46. The van der Waals surface area contributed by atoms with E-state index in [0.29, 0.717) is 0 Å². The Balaban J connectivity index is 0.000000464. The van der Waals surface area contributed by atoms with Crippen molar-refractivity contribution in [1.29, 1.82) is 0 Å². The van der Waals surface area contributed by atoms with Crippen molar-refractivity contribution in [1.82, 2.24) is 25.1 Å². The van der Waals surface area contributed by atoms with Crippen LogP contribution in [-0.2, 0) is 16.1 Å². The number of fused-ring (bicyclic) bond motifs is 1. The van der Waals surface area contributed by atoms with Crippen molar-refractivity contribution in [3.63, 3.8) is 0 Å². The number of carboxylic acid groups (broad SMARTS) is 2. The van der Waals surface area contributed by atoms with E-state index >= 15 is 0 Å². The van der Waals surface area contributed by atoms with Gasteiger partial charge in [-0.1, -0.05) is 11.3 Å². The molecule has 2 fully saturated rings. The van der Waals surface area contributed by atoms with Crippen LogP contribution in [0.1, 0.15) is 24.8 Å². The number of rotatable bonds is 3. The minimum absolute atomic E-state index is 0.198. The monoisotopic (exact) mass is 476 g/mol. The topological polar surface area (TPSA) is 156 Å². The third-order valence-electron chi connectivity index (χ3n) is 6.10. The zero-order chi connectivity index (χ0) is 23.7. The number of nitrogens with one attached hydrogen (secondary N) is 1. The average molecular weight is 477 g/mol. The standard InChI is InChI=1S/C19H24N6OS.2CH2O2/c26-15-7-19(2-5-25(6-3-19)18-23-22-13-27-18)12-24(11-15)10-14-8-21-17-1-4-20-9-16(14)17;2*2-1-3/h1,4,8-9,13,15,21,26H,2-3,5-7,10-12H2;2*1H,(H,2,3). The molecule has 2 saturated heterocycles. The van der Waals surface area contributed by atoms with Crippen LogP contribution in [0, 0.1) is 5.41 Å². The molecule has 33 heavy (non-hydrogen) atoms. The number of likely N-dealkylation sites (tertiary alicyclic amines) is 1. The molecule has 2 aliphatic heterocycles. The molecule has 3 aromatic heterocycles. The summed E-state index contributed by atoms with van der Waals surface area (Å²) in [6.07, 6.45) is 8.66. The molecule has 0 saturated carbocycles. The molecule has 1 unspecified atom stereocenters. The number of aliphatic hydroxyl groups is 1. The Morgan fingerprint density at radius 3 is 2.64 bits per heavy atom. The van der Waals surface area contributed by atoms with E-state index in [-0.39, 0.29) is 24.5 Å². The largest absolute Gasteiger partial charge is 0.483 e. The summed E-state index contributed by atoms with van der Waals surface area (Å²) in [7, 11) is 0. The summed E-state index contributed by atoms with van der Waals surface area (Å²) in [6, 6.07) is 2.01. The second kappa shape index (κ2) is 11.7. The minimum Gasteiger partial charge on any atom is -0.483 e. The van der Waals surface area contributed by atoms with E-state index in [0.717, 1.165) is 62.6 Å². The Morgan fingerprint density at radius 1 is 1.24 bits per heavy atom. The van der Waals surface area contributed by atoms with E-state index < -0.39 is 0 Å². The van der Waals surface area contributed by atoms with Gasteiger partial charge in [-0.25, -0.2) is 0 Å². The lowest BCUT2D eigenvalue weighted by atomic mass is 9.71. The van der Waals surface area contributed by atoms with Crippen LogP contribution in [0.15, 0.2) is 30.2 Å². The van der Waals surface area contributed by atoms with Crippen LogP contribution >= 0.6 is 11.3 Å².